The van der Waals surface area contributed by atoms with Crippen LogP contribution in [0, 0.1) is 5.92 Å². The molecule has 1 saturated heterocycles. The molecule has 0 radical (unpaired) electrons. The number of likely N-dealkylation sites (tertiary alicyclic amines) is 1. The summed E-state index contributed by atoms with van der Waals surface area (Å²) in [7, 11) is 0. The maximum atomic E-state index is 12.4. The molecule has 1 aromatic carbocycles. The molecule has 3 N–H and O–H groups in total. The van der Waals surface area contributed by atoms with E-state index in [0.717, 1.165) is 4.47 Å². The van der Waals surface area contributed by atoms with Crippen LogP contribution in [-0.4, -0.2) is 34.9 Å². The first-order chi connectivity index (χ1) is 9.52. The van der Waals surface area contributed by atoms with Gasteiger partial charge in [0.25, 0.3) is 5.91 Å². The number of rotatable bonds is 2. The largest absolute Gasteiger partial charge is 0.409 e. The van der Waals surface area contributed by atoms with Crippen LogP contribution >= 0.6 is 27.5 Å². The van der Waals surface area contributed by atoms with Crippen molar-refractivity contribution in [2.45, 2.75) is 12.8 Å². The molecule has 0 saturated carbocycles. The fraction of sp³-hybridized carbons (Fsp3) is 0.385. The van der Waals surface area contributed by atoms with Gasteiger partial charge in [-0.3, -0.25) is 4.79 Å². The Balaban J connectivity index is 2.03. The number of carbonyl (C=O) groups is 1. The van der Waals surface area contributed by atoms with E-state index in [2.05, 4.69) is 21.1 Å². The average Bonchev–Trinajstić information content (AvgIpc) is 2.48. The Morgan fingerprint density at radius 1 is 1.45 bits per heavy atom. The van der Waals surface area contributed by atoms with E-state index in [1.165, 1.54) is 0 Å². The maximum absolute atomic E-state index is 12.4. The maximum Gasteiger partial charge on any atom is 0.253 e. The van der Waals surface area contributed by atoms with E-state index in [1.807, 2.05) is 0 Å². The molecule has 0 aliphatic carbocycles. The lowest BCUT2D eigenvalue weighted by Gasteiger charge is -2.31. The lowest BCUT2D eigenvalue weighted by molar-refractivity contribution is 0.0709. The standard InChI is InChI=1S/C13H15BrClN3O2/c14-10-2-1-9(7-11(10)15)13(19)18-5-3-8(4-6-18)12(16)17-20/h1-2,7-8,20H,3-6H2,(H2,16,17). The molecule has 1 fully saturated rings. The van der Waals surface area contributed by atoms with Crippen molar-refractivity contribution in [1.29, 1.82) is 0 Å². The van der Waals surface area contributed by atoms with Gasteiger partial charge in [-0.05, 0) is 47.0 Å². The van der Waals surface area contributed by atoms with Crippen LogP contribution in [0.1, 0.15) is 23.2 Å². The van der Waals surface area contributed by atoms with Gasteiger partial charge in [-0.1, -0.05) is 16.8 Å². The van der Waals surface area contributed by atoms with Gasteiger partial charge in [-0.2, -0.15) is 0 Å². The molecule has 1 aliphatic heterocycles. The Labute approximate surface area is 130 Å². The molecule has 0 spiro atoms. The van der Waals surface area contributed by atoms with E-state index in [1.54, 1.807) is 23.1 Å². The van der Waals surface area contributed by atoms with Crippen molar-refractivity contribution >= 4 is 39.3 Å². The van der Waals surface area contributed by atoms with Gasteiger partial charge in [0.1, 0.15) is 5.84 Å². The van der Waals surface area contributed by atoms with Crippen LogP contribution in [0.2, 0.25) is 5.02 Å². The Hall–Kier alpha value is -1.27. The van der Waals surface area contributed by atoms with Crippen LogP contribution in [0.15, 0.2) is 27.8 Å². The third-order valence-corrected chi connectivity index (χ3v) is 4.71. The molecule has 1 aliphatic rings. The number of hydrogen-bond donors (Lipinski definition) is 2. The normalized spacial score (nSPS) is 17.3. The van der Waals surface area contributed by atoms with Gasteiger partial charge in [0.15, 0.2) is 0 Å². The lowest BCUT2D eigenvalue weighted by atomic mass is 9.95. The summed E-state index contributed by atoms with van der Waals surface area (Å²) >= 11 is 9.30. The number of nitrogens with two attached hydrogens (primary N) is 1. The SMILES string of the molecule is N/C(=N/O)C1CCN(C(=O)c2ccc(Br)c(Cl)c2)CC1. The first kappa shape index (κ1) is 15.1. The van der Waals surface area contributed by atoms with E-state index in [4.69, 9.17) is 22.5 Å². The minimum atomic E-state index is -0.0441. The van der Waals surface area contributed by atoms with E-state index < -0.39 is 0 Å². The zero-order valence-corrected chi connectivity index (χ0v) is 13.1. The number of amidine groups is 1. The topological polar surface area (TPSA) is 78.9 Å². The van der Waals surface area contributed by atoms with Gasteiger partial charge < -0.3 is 15.8 Å². The number of oxime groups is 1. The molecular formula is C13H15BrClN3O2. The summed E-state index contributed by atoms with van der Waals surface area (Å²) in [6, 6.07) is 5.16. The molecular weight excluding hydrogens is 346 g/mol. The average molecular weight is 361 g/mol. The smallest absolute Gasteiger partial charge is 0.253 e. The van der Waals surface area contributed by atoms with Crippen LogP contribution in [0.25, 0.3) is 0 Å². The highest BCUT2D eigenvalue weighted by molar-refractivity contribution is 9.10. The second kappa shape index (κ2) is 6.45. The number of piperidine rings is 1. The number of benzene rings is 1. The summed E-state index contributed by atoms with van der Waals surface area (Å²) in [5.74, 6) is 0.235. The summed E-state index contributed by atoms with van der Waals surface area (Å²) in [5, 5.41) is 12.2. The van der Waals surface area contributed by atoms with E-state index in [9.17, 15) is 4.79 Å². The fourth-order valence-electron chi connectivity index (χ4n) is 2.27. The molecule has 0 aromatic heterocycles. The monoisotopic (exact) mass is 359 g/mol. The van der Waals surface area contributed by atoms with Gasteiger partial charge in [-0.15, -0.1) is 0 Å². The molecule has 108 valence electrons. The molecule has 1 aromatic rings. The second-order valence-electron chi connectivity index (χ2n) is 4.72. The zero-order chi connectivity index (χ0) is 14.7. The number of nitrogens with zero attached hydrogens (tertiary/aromatic N) is 2. The third kappa shape index (κ3) is 3.24. The third-order valence-electron chi connectivity index (χ3n) is 3.48. The van der Waals surface area contributed by atoms with E-state index in [0.29, 0.717) is 36.5 Å². The van der Waals surface area contributed by atoms with Crippen LogP contribution in [0.3, 0.4) is 0 Å². The van der Waals surface area contributed by atoms with Gasteiger partial charge in [-0.25, -0.2) is 0 Å². The van der Waals surface area contributed by atoms with Crippen molar-refractivity contribution in [3.63, 3.8) is 0 Å². The Kier molecular flexibility index (Phi) is 4.88. The fourth-order valence-corrected chi connectivity index (χ4v) is 2.70. The molecule has 0 atom stereocenters. The predicted molar refractivity (Wildman–Crippen MR) is 81.2 cm³/mol. The number of hydrogen-bond acceptors (Lipinski definition) is 3. The van der Waals surface area contributed by atoms with Gasteiger partial charge in [0, 0.05) is 29.0 Å². The summed E-state index contributed by atoms with van der Waals surface area (Å²) in [4.78, 5) is 14.1. The zero-order valence-electron chi connectivity index (χ0n) is 10.7. The van der Waals surface area contributed by atoms with Crippen molar-refractivity contribution < 1.29 is 10.0 Å². The predicted octanol–water partition coefficient (Wildman–Crippen LogP) is 2.70. The summed E-state index contributed by atoms with van der Waals surface area (Å²) in [5.41, 5.74) is 6.16. The minimum Gasteiger partial charge on any atom is -0.409 e. The molecule has 20 heavy (non-hydrogen) atoms. The van der Waals surface area contributed by atoms with Gasteiger partial charge in [0.2, 0.25) is 0 Å². The van der Waals surface area contributed by atoms with Crippen molar-refractivity contribution in [2.75, 3.05) is 13.1 Å². The molecule has 7 heteroatoms. The number of carbonyl (C=O) groups excluding carboxylic acids is 1. The van der Waals surface area contributed by atoms with Crippen LogP contribution < -0.4 is 5.73 Å². The van der Waals surface area contributed by atoms with Crippen LogP contribution in [0.5, 0.6) is 0 Å². The quantitative estimate of drug-likeness (QED) is 0.368. The lowest BCUT2D eigenvalue weighted by Crippen LogP contribution is -2.41. The van der Waals surface area contributed by atoms with Crippen LogP contribution in [0.4, 0.5) is 0 Å². The highest BCUT2D eigenvalue weighted by atomic mass is 79.9. The number of halogens is 2. The molecule has 1 heterocycles. The van der Waals surface area contributed by atoms with E-state index >= 15 is 0 Å². The Morgan fingerprint density at radius 2 is 2.10 bits per heavy atom. The molecule has 0 bridgehead atoms. The summed E-state index contributed by atoms with van der Waals surface area (Å²) in [6.45, 7) is 1.18. The second-order valence-corrected chi connectivity index (χ2v) is 5.98. The first-order valence-corrected chi connectivity index (χ1v) is 7.41. The van der Waals surface area contributed by atoms with Crippen molar-refractivity contribution in [3.05, 3.63) is 33.3 Å². The van der Waals surface area contributed by atoms with E-state index in [-0.39, 0.29) is 17.7 Å². The molecule has 0 unspecified atom stereocenters. The summed E-state index contributed by atoms with van der Waals surface area (Å²) < 4.78 is 0.765. The Morgan fingerprint density at radius 3 is 2.65 bits per heavy atom. The van der Waals surface area contributed by atoms with Gasteiger partial charge in [0.05, 0.1) is 5.02 Å². The molecule has 5 nitrogen and oxygen atoms in total. The van der Waals surface area contributed by atoms with Crippen molar-refractivity contribution in [2.24, 2.45) is 16.8 Å². The van der Waals surface area contributed by atoms with Crippen molar-refractivity contribution in [1.82, 2.24) is 4.90 Å². The van der Waals surface area contributed by atoms with Gasteiger partial charge >= 0.3 is 0 Å². The minimum absolute atomic E-state index is 0.0394. The highest BCUT2D eigenvalue weighted by Crippen LogP contribution is 2.25. The van der Waals surface area contributed by atoms with Crippen LogP contribution in [-0.2, 0) is 0 Å². The summed E-state index contributed by atoms with van der Waals surface area (Å²) in [6.07, 6.45) is 1.40. The molecule has 2 rings (SSSR count). The number of amides is 1. The first-order valence-electron chi connectivity index (χ1n) is 6.24. The highest BCUT2D eigenvalue weighted by Gasteiger charge is 2.26. The Bertz CT molecular complexity index is 542. The molecule has 1 amide bonds. The van der Waals surface area contributed by atoms with Crippen molar-refractivity contribution in [3.8, 4) is 0 Å².